The van der Waals surface area contributed by atoms with Gasteiger partial charge in [0, 0.05) is 38.1 Å². The number of nitrogens with zero attached hydrogens (tertiary/aromatic N) is 1. The highest BCUT2D eigenvalue weighted by Crippen LogP contribution is 2.35. The lowest BCUT2D eigenvalue weighted by atomic mass is 10.1. The van der Waals surface area contributed by atoms with Crippen LogP contribution in [0.25, 0.3) is 10.9 Å². The van der Waals surface area contributed by atoms with Gasteiger partial charge in [0.1, 0.15) is 5.75 Å². The third-order valence-corrected chi connectivity index (χ3v) is 5.64. The molecule has 0 radical (unpaired) electrons. The van der Waals surface area contributed by atoms with Crippen LogP contribution in [0.4, 0.5) is 4.79 Å². The van der Waals surface area contributed by atoms with Crippen molar-refractivity contribution in [3.8, 4) is 5.75 Å². The summed E-state index contributed by atoms with van der Waals surface area (Å²) in [5, 5.41) is 9.85. The minimum Gasteiger partial charge on any atom is -0.476 e. The fraction of sp³-hybridized carbons (Fsp3) is 0.400. The molecule has 10 nitrogen and oxygen atoms in total. The number of ether oxygens (including phenoxy) is 4. The maximum absolute atomic E-state index is 11.7. The van der Waals surface area contributed by atoms with Gasteiger partial charge < -0.3 is 24.1 Å². The van der Waals surface area contributed by atoms with Crippen molar-refractivity contribution in [3.05, 3.63) is 30.5 Å². The Bertz CT molecular complexity index is 1020. The molecule has 1 N–H and O–H groups in total. The maximum atomic E-state index is 11.7. The lowest BCUT2D eigenvalue weighted by Gasteiger charge is -2.39. The molecule has 0 aliphatic carbocycles. The van der Waals surface area contributed by atoms with Gasteiger partial charge >= 0.3 is 24.0 Å². The molecule has 4 atom stereocenters. The van der Waals surface area contributed by atoms with E-state index >= 15 is 0 Å². The summed E-state index contributed by atoms with van der Waals surface area (Å²) >= 11 is 1.24. The van der Waals surface area contributed by atoms with Crippen molar-refractivity contribution in [2.24, 2.45) is 0 Å². The minimum absolute atomic E-state index is 0.248. The predicted molar refractivity (Wildman–Crippen MR) is 109 cm³/mol. The van der Waals surface area contributed by atoms with Gasteiger partial charge in [-0.2, -0.15) is 0 Å². The summed E-state index contributed by atoms with van der Waals surface area (Å²) in [5.74, 6) is -1.15. The normalized spacial score (nSPS) is 23.1. The number of fused-ring (bicyclic) bond motifs is 1. The molecule has 1 aromatic heterocycles. The zero-order valence-corrected chi connectivity index (χ0v) is 17.8. The van der Waals surface area contributed by atoms with Gasteiger partial charge in [-0.15, -0.1) is 11.8 Å². The quantitative estimate of drug-likeness (QED) is 0.534. The minimum atomic E-state index is -1.11. The average Bonchev–Trinajstić information content (AvgIpc) is 3.08. The second-order valence-electron chi connectivity index (χ2n) is 6.80. The van der Waals surface area contributed by atoms with E-state index in [4.69, 9.17) is 18.9 Å². The van der Waals surface area contributed by atoms with Gasteiger partial charge in [-0.1, -0.05) is 0 Å². The first-order chi connectivity index (χ1) is 14.7. The van der Waals surface area contributed by atoms with Crippen LogP contribution in [0.15, 0.2) is 30.5 Å². The summed E-state index contributed by atoms with van der Waals surface area (Å²) in [4.78, 5) is 46.1. The van der Waals surface area contributed by atoms with Crippen molar-refractivity contribution < 1.29 is 43.2 Å². The molecule has 0 bridgehead atoms. The zero-order chi connectivity index (χ0) is 22.7. The fourth-order valence-corrected chi connectivity index (χ4v) is 4.52. The number of hydrogen-bond donors (Lipinski definition) is 1. The lowest BCUT2D eigenvalue weighted by Crippen LogP contribution is -2.55. The number of aromatic nitrogens is 1. The first-order valence-electron chi connectivity index (χ1n) is 9.30. The van der Waals surface area contributed by atoms with Crippen LogP contribution < -0.4 is 4.74 Å². The maximum Gasteiger partial charge on any atom is 0.415 e. The Kier molecular flexibility index (Phi) is 6.74. The second-order valence-corrected chi connectivity index (χ2v) is 7.94. The molecule has 1 unspecified atom stereocenters. The topological polar surface area (TPSA) is 130 Å². The van der Waals surface area contributed by atoms with Crippen LogP contribution in [0, 0.1) is 0 Å². The zero-order valence-electron chi connectivity index (χ0n) is 17.0. The van der Waals surface area contributed by atoms with Crippen molar-refractivity contribution in [1.29, 1.82) is 0 Å². The molecule has 0 amide bonds. The molecule has 1 saturated heterocycles. The van der Waals surface area contributed by atoms with E-state index in [1.54, 1.807) is 24.3 Å². The number of benzene rings is 1. The van der Waals surface area contributed by atoms with Gasteiger partial charge in [0.05, 0.1) is 5.52 Å². The predicted octanol–water partition coefficient (Wildman–Crippen LogP) is 2.41. The third-order valence-electron chi connectivity index (χ3n) is 4.42. The summed E-state index contributed by atoms with van der Waals surface area (Å²) in [6.45, 7) is 3.65. The van der Waals surface area contributed by atoms with Crippen molar-refractivity contribution in [2.75, 3.05) is 5.75 Å². The first kappa shape index (κ1) is 22.5. The Morgan fingerprint density at radius 3 is 2.23 bits per heavy atom. The van der Waals surface area contributed by atoms with Gasteiger partial charge in [0.25, 0.3) is 0 Å². The van der Waals surface area contributed by atoms with Crippen LogP contribution in [-0.4, -0.2) is 63.2 Å². The highest BCUT2D eigenvalue weighted by atomic mass is 32.2. The Balaban J connectivity index is 1.88. The van der Waals surface area contributed by atoms with Gasteiger partial charge in [-0.25, -0.2) is 4.79 Å². The number of carbonyl (C=O) groups excluding carboxylic acids is 3. The number of carboxylic acid groups (broad SMARTS) is 1. The number of esters is 3. The molecule has 0 saturated carbocycles. The largest absolute Gasteiger partial charge is 0.476 e. The number of hydrogen-bond acceptors (Lipinski definition) is 9. The number of rotatable bonds is 5. The average molecular weight is 451 g/mol. The molecular weight excluding hydrogens is 430 g/mol. The van der Waals surface area contributed by atoms with Crippen molar-refractivity contribution >= 4 is 46.7 Å². The third kappa shape index (κ3) is 5.29. The smallest absolute Gasteiger partial charge is 0.415 e. The summed E-state index contributed by atoms with van der Waals surface area (Å²) in [5.41, 5.74) is -0.278. The monoisotopic (exact) mass is 451 g/mol. The summed E-state index contributed by atoms with van der Waals surface area (Å²) in [6, 6.07) is 6.47. The first-order valence-corrected chi connectivity index (χ1v) is 10.3. The molecule has 31 heavy (non-hydrogen) atoms. The van der Waals surface area contributed by atoms with Crippen LogP contribution >= 0.6 is 11.8 Å². The molecule has 1 aliphatic heterocycles. The Hall–Kier alpha value is -3.21. The lowest BCUT2D eigenvalue weighted by molar-refractivity contribution is -0.186. The molecule has 0 spiro atoms. The van der Waals surface area contributed by atoms with E-state index in [0.29, 0.717) is 16.7 Å². The van der Waals surface area contributed by atoms with Gasteiger partial charge in [-0.05, 0) is 24.3 Å². The molecule has 3 rings (SSSR count). The number of carbonyl (C=O) groups is 4. The molecular formula is C20H21NO9S. The Morgan fingerprint density at radius 2 is 1.61 bits per heavy atom. The van der Waals surface area contributed by atoms with E-state index < -0.39 is 47.7 Å². The fourth-order valence-electron chi connectivity index (χ4n) is 3.30. The van der Waals surface area contributed by atoms with Crippen LogP contribution in [0.1, 0.15) is 20.8 Å². The molecule has 1 fully saturated rings. The summed E-state index contributed by atoms with van der Waals surface area (Å²) in [6.07, 6.45) is -2.59. The molecule has 2 heterocycles. The van der Waals surface area contributed by atoms with Crippen LogP contribution in [0.2, 0.25) is 0 Å². The van der Waals surface area contributed by atoms with Crippen LogP contribution in [0.5, 0.6) is 5.75 Å². The Labute approximate surface area is 181 Å². The highest BCUT2D eigenvalue weighted by Gasteiger charge is 2.47. The van der Waals surface area contributed by atoms with Gasteiger partial charge in [-0.3, -0.25) is 19.0 Å². The van der Waals surface area contributed by atoms with E-state index in [0.717, 1.165) is 4.57 Å². The Morgan fingerprint density at radius 1 is 0.968 bits per heavy atom. The standard InChI is InChI=1S/C20H21NO9S/c1-10(22)27-16-9-31-19(18(29-12(3)24)17(16)28-11(2)23)30-14-4-5-15-13(8-14)6-7-21(15)20(25)26/h4-8,16-19H,9H2,1-3H3,(H,25,26)/t16-,17+,18-,19?/m1/s1. The SMILES string of the molecule is CC(=O)O[C@H]1[C@H](OC(C)=O)CSC(Oc2ccc3c(ccn3C(=O)O)c2)[C@@H]1OC(C)=O. The van der Waals surface area contributed by atoms with Crippen LogP contribution in [0.3, 0.4) is 0 Å². The number of thioether (sulfide) groups is 1. The van der Waals surface area contributed by atoms with Crippen molar-refractivity contribution in [1.82, 2.24) is 4.57 Å². The van der Waals surface area contributed by atoms with E-state index in [1.165, 1.54) is 38.7 Å². The summed E-state index contributed by atoms with van der Waals surface area (Å²) < 4.78 is 23.1. The molecule has 1 aliphatic rings. The molecule has 166 valence electrons. The van der Waals surface area contributed by atoms with Gasteiger partial charge in [0.2, 0.25) is 0 Å². The van der Waals surface area contributed by atoms with Crippen LogP contribution in [-0.2, 0) is 28.6 Å². The molecule has 1 aromatic carbocycles. The van der Waals surface area contributed by atoms with E-state index in [1.807, 2.05) is 0 Å². The highest BCUT2D eigenvalue weighted by molar-refractivity contribution is 7.99. The summed E-state index contributed by atoms with van der Waals surface area (Å²) in [7, 11) is 0. The second kappa shape index (κ2) is 9.29. The van der Waals surface area contributed by atoms with E-state index in [2.05, 4.69) is 0 Å². The van der Waals surface area contributed by atoms with E-state index in [9.17, 15) is 24.3 Å². The van der Waals surface area contributed by atoms with Gasteiger partial charge in [0.15, 0.2) is 23.7 Å². The van der Waals surface area contributed by atoms with Crippen molar-refractivity contribution in [3.63, 3.8) is 0 Å². The van der Waals surface area contributed by atoms with E-state index in [-0.39, 0.29) is 5.75 Å². The van der Waals surface area contributed by atoms with Crippen molar-refractivity contribution in [2.45, 2.75) is 44.5 Å². The molecule has 11 heteroatoms. The molecule has 2 aromatic rings.